The van der Waals surface area contributed by atoms with Gasteiger partial charge in [-0.25, -0.2) is 9.78 Å². The van der Waals surface area contributed by atoms with Gasteiger partial charge in [-0.15, -0.1) is 11.3 Å². The third-order valence-electron chi connectivity index (χ3n) is 5.07. The van der Waals surface area contributed by atoms with E-state index in [1.807, 2.05) is 53.9 Å². The topological polar surface area (TPSA) is 80.3 Å². The second-order valence-corrected chi connectivity index (χ2v) is 9.84. The van der Waals surface area contributed by atoms with Crippen molar-refractivity contribution in [2.24, 2.45) is 0 Å². The number of rotatable bonds is 6. The van der Waals surface area contributed by atoms with Crippen LogP contribution in [-0.2, 0) is 16.0 Å². The van der Waals surface area contributed by atoms with E-state index < -0.39 is 17.7 Å². The van der Waals surface area contributed by atoms with Gasteiger partial charge in [0, 0.05) is 17.4 Å². The minimum absolute atomic E-state index is 0.328. The number of carbonyl (C=O) groups excluding carboxylic acids is 2. The number of aromatic nitrogens is 1. The molecule has 0 aliphatic rings. The highest BCUT2D eigenvalue weighted by Crippen LogP contribution is 2.28. The first-order valence-corrected chi connectivity index (χ1v) is 11.9. The van der Waals surface area contributed by atoms with Gasteiger partial charge >= 0.3 is 6.09 Å². The molecule has 3 aromatic carbocycles. The Hall–Kier alpha value is -3.71. The first kappa shape index (κ1) is 23.4. The Balaban J connectivity index is 1.50. The van der Waals surface area contributed by atoms with E-state index in [0.29, 0.717) is 11.6 Å². The van der Waals surface area contributed by atoms with E-state index in [4.69, 9.17) is 4.74 Å². The van der Waals surface area contributed by atoms with Crippen LogP contribution in [0.4, 0.5) is 9.93 Å². The highest BCUT2D eigenvalue weighted by molar-refractivity contribution is 7.14. The molecule has 0 bridgehead atoms. The normalized spacial score (nSPS) is 12.2. The minimum Gasteiger partial charge on any atom is -0.444 e. The number of nitrogens with one attached hydrogen (secondary N) is 2. The molecule has 1 atom stereocenters. The summed E-state index contributed by atoms with van der Waals surface area (Å²) in [5.41, 5.74) is 2.02. The zero-order valence-electron chi connectivity index (χ0n) is 19.4. The number of benzene rings is 3. The molecule has 174 valence electrons. The van der Waals surface area contributed by atoms with E-state index in [2.05, 4.69) is 39.9 Å². The Kier molecular flexibility index (Phi) is 6.93. The summed E-state index contributed by atoms with van der Waals surface area (Å²) in [5, 5.41) is 10.2. The van der Waals surface area contributed by atoms with Crippen LogP contribution in [0.5, 0.6) is 0 Å². The molecule has 4 aromatic rings. The van der Waals surface area contributed by atoms with Gasteiger partial charge in [0.25, 0.3) is 0 Å². The number of carbonyl (C=O) groups is 2. The maximum absolute atomic E-state index is 13.1. The molecule has 0 saturated heterocycles. The van der Waals surface area contributed by atoms with Crippen molar-refractivity contribution in [2.45, 2.75) is 38.8 Å². The molecule has 0 aliphatic heterocycles. The smallest absolute Gasteiger partial charge is 0.408 e. The lowest BCUT2D eigenvalue weighted by Crippen LogP contribution is -2.47. The second-order valence-electron chi connectivity index (χ2n) is 8.98. The first-order chi connectivity index (χ1) is 16.3. The van der Waals surface area contributed by atoms with E-state index >= 15 is 0 Å². The summed E-state index contributed by atoms with van der Waals surface area (Å²) in [6.45, 7) is 5.34. The predicted octanol–water partition coefficient (Wildman–Crippen LogP) is 6.04. The van der Waals surface area contributed by atoms with Gasteiger partial charge in [-0.3, -0.25) is 4.79 Å². The Bertz CT molecular complexity index is 1300. The molecule has 0 radical (unpaired) electrons. The van der Waals surface area contributed by atoms with E-state index in [-0.39, 0.29) is 5.91 Å². The Morgan fingerprint density at radius 3 is 2.41 bits per heavy atom. The van der Waals surface area contributed by atoms with Crippen LogP contribution in [-0.4, -0.2) is 28.6 Å². The van der Waals surface area contributed by atoms with Crippen LogP contribution in [0, 0.1) is 0 Å². The van der Waals surface area contributed by atoms with Crippen molar-refractivity contribution in [3.8, 4) is 11.3 Å². The third kappa shape index (κ3) is 6.20. The van der Waals surface area contributed by atoms with Crippen LogP contribution in [0.1, 0.15) is 26.3 Å². The number of anilines is 1. The molecule has 2 amide bonds. The Morgan fingerprint density at radius 2 is 1.68 bits per heavy atom. The fraction of sp³-hybridized carbons (Fsp3) is 0.222. The maximum atomic E-state index is 13.1. The number of nitrogens with zero attached hydrogens (tertiary/aromatic N) is 1. The molecule has 0 fully saturated rings. The molecule has 1 unspecified atom stereocenters. The van der Waals surface area contributed by atoms with Crippen molar-refractivity contribution in [1.29, 1.82) is 0 Å². The van der Waals surface area contributed by atoms with Crippen LogP contribution < -0.4 is 10.6 Å². The van der Waals surface area contributed by atoms with Crippen molar-refractivity contribution in [3.63, 3.8) is 0 Å². The third-order valence-corrected chi connectivity index (χ3v) is 5.83. The molecule has 0 aliphatic carbocycles. The van der Waals surface area contributed by atoms with E-state index in [9.17, 15) is 9.59 Å². The fourth-order valence-corrected chi connectivity index (χ4v) is 4.24. The summed E-state index contributed by atoms with van der Waals surface area (Å²) in [6, 6.07) is 23.0. The largest absolute Gasteiger partial charge is 0.444 e. The molecular formula is C27H27N3O3S. The van der Waals surface area contributed by atoms with Crippen molar-refractivity contribution in [3.05, 3.63) is 83.7 Å². The molecule has 4 rings (SSSR count). The summed E-state index contributed by atoms with van der Waals surface area (Å²) in [4.78, 5) is 30.1. The molecule has 7 heteroatoms. The summed E-state index contributed by atoms with van der Waals surface area (Å²) >= 11 is 1.34. The summed E-state index contributed by atoms with van der Waals surface area (Å²) < 4.78 is 5.36. The van der Waals surface area contributed by atoms with Gasteiger partial charge < -0.3 is 15.4 Å². The van der Waals surface area contributed by atoms with Gasteiger partial charge in [0.15, 0.2) is 5.13 Å². The number of hydrogen-bond acceptors (Lipinski definition) is 5. The lowest BCUT2D eigenvalue weighted by atomic mass is 10.1. The predicted molar refractivity (Wildman–Crippen MR) is 137 cm³/mol. The number of fused-ring (bicyclic) bond motifs is 1. The first-order valence-electron chi connectivity index (χ1n) is 11.1. The van der Waals surface area contributed by atoms with Crippen LogP contribution in [0.25, 0.3) is 22.0 Å². The standard InChI is InChI=1S/C27H27N3O3S/c1-27(2,3)33-26(32)29-22(15-18-9-5-4-6-10-18)24(31)30-25-28-23(17-34-25)21-14-13-19-11-7-8-12-20(19)16-21/h4-14,16-17,22H,15H2,1-3H3,(H,29,32)(H,28,30,31). The molecular weight excluding hydrogens is 446 g/mol. The van der Waals surface area contributed by atoms with Crippen molar-refractivity contribution in [2.75, 3.05) is 5.32 Å². The van der Waals surface area contributed by atoms with Crippen LogP contribution >= 0.6 is 11.3 Å². The highest BCUT2D eigenvalue weighted by Gasteiger charge is 2.25. The van der Waals surface area contributed by atoms with Gasteiger partial charge in [0.2, 0.25) is 5.91 Å². The van der Waals surface area contributed by atoms with Crippen LogP contribution in [0.2, 0.25) is 0 Å². The number of amides is 2. The van der Waals surface area contributed by atoms with Gasteiger partial charge in [0.1, 0.15) is 11.6 Å². The van der Waals surface area contributed by atoms with Crippen molar-refractivity contribution in [1.82, 2.24) is 10.3 Å². The molecule has 0 saturated carbocycles. The molecule has 6 nitrogen and oxygen atoms in total. The van der Waals surface area contributed by atoms with E-state index in [0.717, 1.165) is 27.6 Å². The molecule has 1 aromatic heterocycles. The van der Waals surface area contributed by atoms with Crippen molar-refractivity contribution < 1.29 is 14.3 Å². The number of alkyl carbamates (subject to hydrolysis) is 1. The summed E-state index contributed by atoms with van der Waals surface area (Å²) in [6.07, 6.45) is -0.311. The van der Waals surface area contributed by atoms with E-state index in [1.165, 1.54) is 11.3 Å². The summed E-state index contributed by atoms with van der Waals surface area (Å²) in [5.74, 6) is -0.353. The SMILES string of the molecule is CC(C)(C)OC(=O)NC(Cc1ccccc1)C(=O)Nc1nc(-c2ccc3ccccc3c2)cs1. The van der Waals surface area contributed by atoms with Crippen molar-refractivity contribution >= 4 is 39.2 Å². The average molecular weight is 474 g/mol. The molecule has 34 heavy (non-hydrogen) atoms. The van der Waals surface area contributed by atoms with Gasteiger partial charge in [-0.2, -0.15) is 0 Å². The number of ether oxygens (including phenoxy) is 1. The second kappa shape index (κ2) is 10.1. The summed E-state index contributed by atoms with van der Waals surface area (Å²) in [7, 11) is 0. The van der Waals surface area contributed by atoms with Gasteiger partial charge in [0.05, 0.1) is 5.69 Å². The van der Waals surface area contributed by atoms with Gasteiger partial charge in [-0.1, -0.05) is 66.7 Å². The fourth-order valence-electron chi connectivity index (χ4n) is 3.51. The zero-order chi connectivity index (χ0) is 24.1. The monoisotopic (exact) mass is 473 g/mol. The molecule has 1 heterocycles. The number of thiazole rings is 1. The van der Waals surface area contributed by atoms with E-state index in [1.54, 1.807) is 20.8 Å². The molecule has 0 spiro atoms. The number of hydrogen-bond donors (Lipinski definition) is 2. The lowest BCUT2D eigenvalue weighted by molar-refractivity contribution is -0.118. The quantitative estimate of drug-likeness (QED) is 0.358. The average Bonchev–Trinajstić information content (AvgIpc) is 3.26. The lowest BCUT2D eigenvalue weighted by Gasteiger charge is -2.23. The Morgan fingerprint density at radius 1 is 0.971 bits per heavy atom. The van der Waals surface area contributed by atoms with Crippen LogP contribution in [0.3, 0.4) is 0 Å². The highest BCUT2D eigenvalue weighted by atomic mass is 32.1. The maximum Gasteiger partial charge on any atom is 0.408 e. The minimum atomic E-state index is -0.815. The molecule has 2 N–H and O–H groups in total. The Labute approximate surface area is 203 Å². The zero-order valence-corrected chi connectivity index (χ0v) is 20.2. The van der Waals surface area contributed by atoms with Crippen LogP contribution in [0.15, 0.2) is 78.2 Å². The van der Waals surface area contributed by atoms with Gasteiger partial charge in [-0.05, 0) is 43.2 Å².